The standard InChI is InChI=1S/C14H21NO/c1-5-8-13(6-2)11(3)15-10-7-9-14(15)12(4)16/h6,8,14H,2-3,5,7,9-10H2,1,4H3/b13-8+. The quantitative estimate of drug-likeness (QED) is 0.662. The maximum atomic E-state index is 11.5. The number of hydrogen-bond acceptors (Lipinski definition) is 2. The Hall–Kier alpha value is -1.31. The van der Waals surface area contributed by atoms with Crippen LogP contribution in [0.2, 0.25) is 0 Å². The molecule has 1 aliphatic heterocycles. The Kier molecular flexibility index (Phi) is 4.53. The number of nitrogens with zero attached hydrogens (tertiary/aromatic N) is 1. The summed E-state index contributed by atoms with van der Waals surface area (Å²) in [5.41, 5.74) is 1.99. The molecule has 0 aromatic heterocycles. The number of carbonyl (C=O) groups excluding carboxylic acids is 1. The van der Waals surface area contributed by atoms with Crippen molar-refractivity contribution in [1.29, 1.82) is 0 Å². The zero-order chi connectivity index (χ0) is 12.1. The van der Waals surface area contributed by atoms with Crippen LogP contribution in [0.4, 0.5) is 0 Å². The Morgan fingerprint density at radius 2 is 2.25 bits per heavy atom. The monoisotopic (exact) mass is 219 g/mol. The normalized spacial score (nSPS) is 21.0. The van der Waals surface area contributed by atoms with Crippen LogP contribution in [-0.4, -0.2) is 23.3 Å². The topological polar surface area (TPSA) is 20.3 Å². The minimum absolute atomic E-state index is 0.0210. The largest absolute Gasteiger partial charge is 0.362 e. The number of carbonyl (C=O) groups is 1. The minimum Gasteiger partial charge on any atom is -0.362 e. The van der Waals surface area contributed by atoms with E-state index in [0.29, 0.717) is 0 Å². The number of Topliss-reactive ketones (excluding diaryl/α,β-unsaturated/α-hetero) is 1. The van der Waals surface area contributed by atoms with E-state index in [4.69, 9.17) is 0 Å². The summed E-state index contributed by atoms with van der Waals surface area (Å²) < 4.78 is 0. The first kappa shape index (κ1) is 12.8. The second-order valence-corrected chi connectivity index (χ2v) is 4.18. The first-order valence-corrected chi connectivity index (χ1v) is 5.90. The van der Waals surface area contributed by atoms with Crippen LogP contribution in [0, 0.1) is 0 Å². The summed E-state index contributed by atoms with van der Waals surface area (Å²) in [6.07, 6.45) is 6.90. The fourth-order valence-electron chi connectivity index (χ4n) is 2.22. The molecular formula is C14H21NO. The molecule has 1 aliphatic rings. The second-order valence-electron chi connectivity index (χ2n) is 4.18. The lowest BCUT2D eigenvalue weighted by molar-refractivity contribution is -0.120. The predicted octanol–water partition coefficient (Wildman–Crippen LogP) is 3.08. The molecule has 0 N–H and O–H groups in total. The molecule has 1 fully saturated rings. The minimum atomic E-state index is 0.0210. The third-order valence-corrected chi connectivity index (χ3v) is 3.05. The maximum absolute atomic E-state index is 11.5. The Balaban J connectivity index is 2.84. The molecule has 0 amide bonds. The van der Waals surface area contributed by atoms with Gasteiger partial charge < -0.3 is 4.90 Å². The van der Waals surface area contributed by atoms with Gasteiger partial charge in [-0.05, 0) is 31.8 Å². The summed E-state index contributed by atoms with van der Waals surface area (Å²) in [4.78, 5) is 13.6. The average Bonchev–Trinajstić information content (AvgIpc) is 2.73. The van der Waals surface area contributed by atoms with Crippen molar-refractivity contribution < 1.29 is 4.79 Å². The predicted molar refractivity (Wildman–Crippen MR) is 68.1 cm³/mol. The van der Waals surface area contributed by atoms with Crippen molar-refractivity contribution in [2.75, 3.05) is 6.54 Å². The summed E-state index contributed by atoms with van der Waals surface area (Å²) in [7, 11) is 0. The molecule has 1 heterocycles. The van der Waals surface area contributed by atoms with E-state index < -0.39 is 0 Å². The van der Waals surface area contributed by atoms with Gasteiger partial charge >= 0.3 is 0 Å². The summed E-state index contributed by atoms with van der Waals surface area (Å²) in [5.74, 6) is 0.235. The highest BCUT2D eigenvalue weighted by atomic mass is 16.1. The second kappa shape index (κ2) is 5.69. The van der Waals surface area contributed by atoms with E-state index in [9.17, 15) is 4.79 Å². The van der Waals surface area contributed by atoms with Crippen LogP contribution in [0.3, 0.4) is 0 Å². The van der Waals surface area contributed by atoms with Gasteiger partial charge in [0.15, 0.2) is 5.78 Å². The lowest BCUT2D eigenvalue weighted by Gasteiger charge is -2.27. The number of ketones is 1. The van der Waals surface area contributed by atoms with Crippen molar-refractivity contribution in [3.63, 3.8) is 0 Å². The van der Waals surface area contributed by atoms with E-state index in [1.54, 1.807) is 6.92 Å². The Morgan fingerprint density at radius 1 is 1.56 bits per heavy atom. The number of rotatable bonds is 5. The average molecular weight is 219 g/mol. The molecule has 88 valence electrons. The van der Waals surface area contributed by atoms with Crippen LogP contribution < -0.4 is 0 Å². The lowest BCUT2D eigenvalue weighted by Crippen LogP contribution is -2.34. The summed E-state index contributed by atoms with van der Waals surface area (Å²) in [6.45, 7) is 12.6. The third-order valence-electron chi connectivity index (χ3n) is 3.05. The highest BCUT2D eigenvalue weighted by Gasteiger charge is 2.29. The molecule has 0 bridgehead atoms. The fraction of sp³-hybridized carbons (Fsp3) is 0.500. The van der Waals surface area contributed by atoms with E-state index in [2.05, 4.69) is 31.1 Å². The van der Waals surface area contributed by atoms with Crippen molar-refractivity contribution in [2.45, 2.75) is 39.2 Å². The van der Waals surface area contributed by atoms with Crippen molar-refractivity contribution >= 4 is 5.78 Å². The van der Waals surface area contributed by atoms with Crippen LogP contribution in [-0.2, 0) is 4.79 Å². The van der Waals surface area contributed by atoms with Crippen LogP contribution in [0.25, 0.3) is 0 Å². The van der Waals surface area contributed by atoms with Gasteiger partial charge in [0.2, 0.25) is 0 Å². The van der Waals surface area contributed by atoms with Gasteiger partial charge in [-0.25, -0.2) is 0 Å². The first-order valence-electron chi connectivity index (χ1n) is 5.90. The molecule has 0 spiro atoms. The number of hydrogen-bond donors (Lipinski definition) is 0. The van der Waals surface area contributed by atoms with E-state index in [-0.39, 0.29) is 11.8 Å². The molecule has 1 rings (SSSR count). The molecule has 0 saturated carbocycles. The van der Waals surface area contributed by atoms with E-state index in [1.165, 1.54) is 0 Å². The molecular weight excluding hydrogens is 198 g/mol. The van der Waals surface area contributed by atoms with Gasteiger partial charge in [-0.1, -0.05) is 32.2 Å². The van der Waals surface area contributed by atoms with Crippen molar-refractivity contribution in [3.05, 3.63) is 36.6 Å². The highest BCUT2D eigenvalue weighted by Crippen LogP contribution is 2.26. The SMILES string of the molecule is C=C/C(=C\CC)C(=C)N1CCCC1C(C)=O. The lowest BCUT2D eigenvalue weighted by atomic mass is 10.1. The summed E-state index contributed by atoms with van der Waals surface area (Å²) in [5, 5.41) is 0. The van der Waals surface area contributed by atoms with Gasteiger partial charge in [-0.2, -0.15) is 0 Å². The molecule has 1 atom stereocenters. The van der Waals surface area contributed by atoms with Crippen molar-refractivity contribution in [1.82, 2.24) is 4.90 Å². The zero-order valence-corrected chi connectivity index (χ0v) is 10.3. The Bertz CT molecular complexity index is 328. The first-order chi connectivity index (χ1) is 7.61. The van der Waals surface area contributed by atoms with Crippen molar-refractivity contribution in [2.24, 2.45) is 0 Å². The van der Waals surface area contributed by atoms with Gasteiger partial charge in [0.1, 0.15) is 0 Å². The van der Waals surface area contributed by atoms with Gasteiger partial charge in [-0.3, -0.25) is 4.79 Å². The maximum Gasteiger partial charge on any atom is 0.152 e. The number of likely N-dealkylation sites (tertiary alicyclic amines) is 1. The smallest absolute Gasteiger partial charge is 0.152 e. The van der Waals surface area contributed by atoms with Crippen LogP contribution in [0.1, 0.15) is 33.1 Å². The van der Waals surface area contributed by atoms with E-state index in [0.717, 1.165) is 37.1 Å². The highest BCUT2D eigenvalue weighted by molar-refractivity contribution is 5.82. The summed E-state index contributed by atoms with van der Waals surface area (Å²) in [6, 6.07) is 0.0210. The van der Waals surface area contributed by atoms with E-state index >= 15 is 0 Å². The number of allylic oxidation sites excluding steroid dienone is 2. The molecule has 0 aliphatic carbocycles. The molecule has 0 radical (unpaired) electrons. The fourth-order valence-corrected chi connectivity index (χ4v) is 2.22. The van der Waals surface area contributed by atoms with Crippen molar-refractivity contribution in [3.8, 4) is 0 Å². The molecule has 2 nitrogen and oxygen atoms in total. The molecule has 2 heteroatoms. The van der Waals surface area contributed by atoms with Gasteiger partial charge in [0, 0.05) is 12.2 Å². The van der Waals surface area contributed by atoms with Crippen LogP contribution >= 0.6 is 0 Å². The van der Waals surface area contributed by atoms with Gasteiger partial charge in [0.25, 0.3) is 0 Å². The van der Waals surface area contributed by atoms with E-state index in [1.807, 2.05) is 6.08 Å². The van der Waals surface area contributed by atoms with Gasteiger partial charge in [-0.15, -0.1) is 0 Å². The molecule has 0 aromatic rings. The third kappa shape index (κ3) is 2.63. The Labute approximate surface area is 98.3 Å². The molecule has 0 aromatic carbocycles. The summed E-state index contributed by atoms with van der Waals surface area (Å²) >= 11 is 0. The molecule has 1 saturated heterocycles. The van der Waals surface area contributed by atoms with Gasteiger partial charge in [0.05, 0.1) is 6.04 Å². The van der Waals surface area contributed by atoms with Crippen LogP contribution in [0.15, 0.2) is 36.6 Å². The Morgan fingerprint density at radius 3 is 2.75 bits per heavy atom. The molecule has 1 unspecified atom stereocenters. The molecule has 16 heavy (non-hydrogen) atoms. The zero-order valence-electron chi connectivity index (χ0n) is 10.3. The van der Waals surface area contributed by atoms with Crippen LogP contribution in [0.5, 0.6) is 0 Å².